The highest BCUT2D eigenvalue weighted by atomic mass is 16.5. The maximum Gasteiger partial charge on any atom is 0.247 e. The Morgan fingerprint density at radius 1 is 1.60 bits per heavy atom. The van der Waals surface area contributed by atoms with Crippen molar-refractivity contribution in [1.29, 1.82) is 5.26 Å². The number of aliphatic hydroxyl groups is 1. The highest BCUT2D eigenvalue weighted by Gasteiger charge is 2.24. The van der Waals surface area contributed by atoms with Gasteiger partial charge >= 0.3 is 0 Å². The Kier molecular flexibility index (Phi) is 4.88. The van der Waals surface area contributed by atoms with Crippen LogP contribution in [0.4, 0.5) is 0 Å². The molecule has 0 spiro atoms. The summed E-state index contributed by atoms with van der Waals surface area (Å²) in [4.78, 5) is 13.7. The lowest BCUT2D eigenvalue weighted by molar-refractivity contribution is -0.136. The van der Waals surface area contributed by atoms with Crippen LogP contribution in [0.25, 0.3) is 6.08 Å². The van der Waals surface area contributed by atoms with E-state index in [0.717, 1.165) is 5.56 Å². The minimum Gasteiger partial charge on any atom is -0.394 e. The van der Waals surface area contributed by atoms with E-state index < -0.39 is 0 Å². The summed E-state index contributed by atoms with van der Waals surface area (Å²) in [6.45, 7) is 1.22. The van der Waals surface area contributed by atoms with Crippen molar-refractivity contribution in [1.82, 2.24) is 4.90 Å². The van der Waals surface area contributed by atoms with E-state index in [4.69, 9.17) is 10.00 Å². The molecule has 1 aromatic carbocycles. The summed E-state index contributed by atoms with van der Waals surface area (Å²) in [6.07, 6.45) is 3.14. The van der Waals surface area contributed by atoms with Gasteiger partial charge in [-0.2, -0.15) is 5.26 Å². The Labute approximate surface area is 117 Å². The topological polar surface area (TPSA) is 73.6 Å². The van der Waals surface area contributed by atoms with Crippen molar-refractivity contribution in [2.45, 2.75) is 6.04 Å². The number of ether oxygens (including phenoxy) is 1. The van der Waals surface area contributed by atoms with Gasteiger partial charge in [-0.1, -0.05) is 12.1 Å². The van der Waals surface area contributed by atoms with Gasteiger partial charge in [0.1, 0.15) is 0 Å². The lowest BCUT2D eigenvalue weighted by Crippen LogP contribution is -2.49. The summed E-state index contributed by atoms with van der Waals surface area (Å²) < 4.78 is 5.23. The molecule has 1 aromatic rings. The Hall–Kier alpha value is -2.16. The SMILES string of the molecule is N#Cc1cccc(/C=C/C(=O)N2CCOCC2CO)c1. The zero-order valence-electron chi connectivity index (χ0n) is 11.0. The van der Waals surface area contributed by atoms with Crippen LogP contribution >= 0.6 is 0 Å². The predicted molar refractivity (Wildman–Crippen MR) is 73.6 cm³/mol. The normalized spacial score (nSPS) is 19.0. The van der Waals surface area contributed by atoms with Gasteiger partial charge in [0, 0.05) is 12.6 Å². The molecule has 1 aliphatic rings. The number of amides is 1. The molecular formula is C15H16N2O3. The second kappa shape index (κ2) is 6.85. The molecule has 0 aromatic heterocycles. The van der Waals surface area contributed by atoms with E-state index in [2.05, 4.69) is 6.07 Å². The highest BCUT2D eigenvalue weighted by Crippen LogP contribution is 2.10. The quantitative estimate of drug-likeness (QED) is 0.826. The molecule has 104 valence electrons. The second-order valence-electron chi connectivity index (χ2n) is 4.51. The fourth-order valence-corrected chi connectivity index (χ4v) is 2.07. The molecular weight excluding hydrogens is 256 g/mol. The largest absolute Gasteiger partial charge is 0.394 e. The summed E-state index contributed by atoms with van der Waals surface area (Å²) in [5, 5.41) is 18.0. The van der Waals surface area contributed by atoms with E-state index in [9.17, 15) is 9.90 Å². The van der Waals surface area contributed by atoms with Crippen LogP contribution in [0, 0.1) is 11.3 Å². The molecule has 1 heterocycles. The van der Waals surface area contributed by atoms with E-state index in [1.54, 1.807) is 29.2 Å². The van der Waals surface area contributed by atoms with Crippen LogP contribution < -0.4 is 0 Å². The smallest absolute Gasteiger partial charge is 0.247 e. The maximum absolute atomic E-state index is 12.1. The first-order chi connectivity index (χ1) is 9.74. The van der Waals surface area contributed by atoms with Gasteiger partial charge in [-0.25, -0.2) is 0 Å². The highest BCUT2D eigenvalue weighted by molar-refractivity contribution is 5.92. The lowest BCUT2D eigenvalue weighted by atomic mass is 10.1. The molecule has 1 N–H and O–H groups in total. The molecule has 5 heteroatoms. The van der Waals surface area contributed by atoms with Crippen molar-refractivity contribution in [2.75, 3.05) is 26.4 Å². The van der Waals surface area contributed by atoms with E-state index in [0.29, 0.717) is 25.3 Å². The summed E-state index contributed by atoms with van der Waals surface area (Å²) in [7, 11) is 0. The summed E-state index contributed by atoms with van der Waals surface area (Å²) in [6, 6.07) is 8.79. The first kappa shape index (κ1) is 14.3. The van der Waals surface area contributed by atoms with Crippen LogP contribution in [0.1, 0.15) is 11.1 Å². The Bertz CT molecular complexity index is 548. The molecule has 0 aliphatic carbocycles. The van der Waals surface area contributed by atoms with Crippen LogP contribution in [0.15, 0.2) is 30.3 Å². The molecule has 1 unspecified atom stereocenters. The monoisotopic (exact) mass is 272 g/mol. The second-order valence-corrected chi connectivity index (χ2v) is 4.51. The van der Waals surface area contributed by atoms with Gasteiger partial charge in [0.2, 0.25) is 5.91 Å². The molecule has 0 radical (unpaired) electrons. The first-order valence-electron chi connectivity index (χ1n) is 6.42. The zero-order chi connectivity index (χ0) is 14.4. The molecule has 1 atom stereocenters. The molecule has 0 saturated carbocycles. The third-order valence-electron chi connectivity index (χ3n) is 3.16. The van der Waals surface area contributed by atoms with Gasteiger partial charge in [-0.3, -0.25) is 4.79 Å². The number of carbonyl (C=O) groups is 1. The molecule has 2 rings (SSSR count). The molecule has 1 aliphatic heterocycles. The predicted octanol–water partition coefficient (Wildman–Crippen LogP) is 0.791. The Balaban J connectivity index is 2.06. The van der Waals surface area contributed by atoms with Crippen molar-refractivity contribution in [3.05, 3.63) is 41.5 Å². The van der Waals surface area contributed by atoms with Gasteiger partial charge in [0.25, 0.3) is 0 Å². The molecule has 0 bridgehead atoms. The number of aliphatic hydroxyl groups excluding tert-OH is 1. The zero-order valence-corrected chi connectivity index (χ0v) is 11.0. The van der Waals surface area contributed by atoms with E-state index in [1.807, 2.05) is 6.07 Å². The maximum atomic E-state index is 12.1. The fourth-order valence-electron chi connectivity index (χ4n) is 2.07. The average Bonchev–Trinajstić information content (AvgIpc) is 2.52. The number of nitrogens with zero attached hydrogens (tertiary/aromatic N) is 2. The van der Waals surface area contributed by atoms with Crippen LogP contribution in [-0.2, 0) is 9.53 Å². The summed E-state index contributed by atoms with van der Waals surface area (Å²) in [5.41, 5.74) is 1.35. The van der Waals surface area contributed by atoms with E-state index >= 15 is 0 Å². The Morgan fingerprint density at radius 2 is 2.45 bits per heavy atom. The average molecular weight is 272 g/mol. The molecule has 5 nitrogen and oxygen atoms in total. The first-order valence-corrected chi connectivity index (χ1v) is 6.42. The number of hydrogen-bond donors (Lipinski definition) is 1. The van der Waals surface area contributed by atoms with Crippen molar-refractivity contribution in [3.8, 4) is 6.07 Å². The van der Waals surface area contributed by atoms with Crippen LogP contribution in [-0.4, -0.2) is 48.3 Å². The van der Waals surface area contributed by atoms with Gasteiger partial charge in [0.05, 0.1) is 37.5 Å². The Morgan fingerprint density at radius 3 is 3.20 bits per heavy atom. The van der Waals surface area contributed by atoms with Crippen LogP contribution in [0.2, 0.25) is 0 Å². The van der Waals surface area contributed by atoms with Gasteiger partial charge in [-0.15, -0.1) is 0 Å². The molecule has 1 saturated heterocycles. The number of rotatable bonds is 3. The number of benzene rings is 1. The van der Waals surface area contributed by atoms with Crippen LogP contribution in [0.3, 0.4) is 0 Å². The third-order valence-corrected chi connectivity index (χ3v) is 3.16. The molecule has 20 heavy (non-hydrogen) atoms. The lowest BCUT2D eigenvalue weighted by Gasteiger charge is -2.33. The third kappa shape index (κ3) is 3.44. The standard InChI is InChI=1S/C15H16N2O3/c16-9-13-3-1-2-12(8-13)4-5-15(19)17-6-7-20-11-14(17)10-18/h1-5,8,14,18H,6-7,10-11H2/b5-4+. The van der Waals surface area contributed by atoms with Crippen molar-refractivity contribution < 1.29 is 14.6 Å². The van der Waals surface area contributed by atoms with Crippen molar-refractivity contribution >= 4 is 12.0 Å². The molecule has 1 amide bonds. The summed E-state index contributed by atoms with van der Waals surface area (Å²) in [5.74, 6) is -0.158. The number of carbonyl (C=O) groups excluding carboxylic acids is 1. The fraction of sp³-hybridized carbons (Fsp3) is 0.333. The van der Waals surface area contributed by atoms with E-state index in [-0.39, 0.29) is 18.6 Å². The van der Waals surface area contributed by atoms with Gasteiger partial charge in [0.15, 0.2) is 0 Å². The minimum atomic E-state index is -0.286. The van der Waals surface area contributed by atoms with E-state index in [1.165, 1.54) is 6.08 Å². The minimum absolute atomic E-state index is 0.108. The van der Waals surface area contributed by atoms with Crippen molar-refractivity contribution in [2.24, 2.45) is 0 Å². The summed E-state index contributed by atoms with van der Waals surface area (Å²) >= 11 is 0. The number of hydrogen-bond acceptors (Lipinski definition) is 4. The number of nitriles is 1. The number of morpholine rings is 1. The van der Waals surface area contributed by atoms with Crippen molar-refractivity contribution in [3.63, 3.8) is 0 Å². The molecule has 1 fully saturated rings. The van der Waals surface area contributed by atoms with Crippen LogP contribution in [0.5, 0.6) is 0 Å². The van der Waals surface area contributed by atoms with Gasteiger partial charge in [-0.05, 0) is 23.8 Å². The van der Waals surface area contributed by atoms with Gasteiger partial charge < -0.3 is 14.7 Å².